The van der Waals surface area contributed by atoms with Crippen molar-refractivity contribution in [1.29, 1.82) is 0 Å². The van der Waals surface area contributed by atoms with Crippen molar-refractivity contribution in [3.63, 3.8) is 0 Å². The average molecular weight is 391 g/mol. The Hall–Kier alpha value is -3.25. The molecule has 1 atom stereocenters. The van der Waals surface area contributed by atoms with E-state index >= 15 is 0 Å². The molecule has 0 spiro atoms. The number of Topliss-reactive ketones (excluding diaryl/α,β-unsaturated/α-hetero) is 1. The van der Waals surface area contributed by atoms with Crippen molar-refractivity contribution in [2.24, 2.45) is 0 Å². The lowest BCUT2D eigenvalue weighted by atomic mass is 10.0. The number of carbonyl (C=O) groups is 1. The van der Waals surface area contributed by atoms with Gasteiger partial charge in [0, 0.05) is 16.7 Å². The van der Waals surface area contributed by atoms with E-state index in [-0.39, 0.29) is 16.3 Å². The summed E-state index contributed by atoms with van der Waals surface area (Å²) >= 11 is 0. The monoisotopic (exact) mass is 391 g/mol. The molecule has 0 radical (unpaired) electrons. The summed E-state index contributed by atoms with van der Waals surface area (Å²) in [7, 11) is -3.95. The molecule has 0 amide bonds. The fourth-order valence-corrected chi connectivity index (χ4v) is 5.90. The molecule has 1 unspecified atom stereocenters. The molecule has 5 rings (SSSR count). The van der Waals surface area contributed by atoms with Crippen LogP contribution in [0.3, 0.4) is 0 Å². The highest BCUT2D eigenvalue weighted by Gasteiger charge is 2.45. The highest BCUT2D eigenvalue weighted by Crippen LogP contribution is 2.48. The zero-order valence-electron chi connectivity index (χ0n) is 14.5. The van der Waals surface area contributed by atoms with Gasteiger partial charge in [-0.2, -0.15) is 0 Å². The molecule has 4 nitrogen and oxygen atoms in total. The normalized spacial score (nSPS) is 19.3. The third-order valence-corrected chi connectivity index (χ3v) is 7.25. The van der Waals surface area contributed by atoms with Crippen molar-refractivity contribution in [3.05, 3.63) is 101 Å². The highest BCUT2D eigenvalue weighted by atomic mass is 32.2. The lowest BCUT2D eigenvalue weighted by molar-refractivity contribution is 0.103. The number of para-hydroxylation sites is 1. The Morgan fingerprint density at radius 3 is 2.21 bits per heavy atom. The van der Waals surface area contributed by atoms with Gasteiger partial charge >= 0.3 is 0 Å². The number of benzene rings is 3. The maximum Gasteiger partial charge on any atom is 0.193 e. The zero-order valence-corrected chi connectivity index (χ0v) is 15.3. The standard InChI is InChI=1S/C22H14FNO3S/c23-14-11-9-13(10-12-14)22-19-20(15-5-1-2-6-16(15)21(19)25)24-17-7-3-4-8-18(17)28(22,26)27/h1-12,22,24H. The number of halogens is 1. The Morgan fingerprint density at radius 2 is 1.46 bits per heavy atom. The molecule has 6 heteroatoms. The summed E-state index contributed by atoms with van der Waals surface area (Å²) in [5.74, 6) is -0.799. The Labute approximate surface area is 161 Å². The Balaban J connectivity index is 1.86. The second-order valence-electron chi connectivity index (χ2n) is 6.76. The molecule has 1 aliphatic carbocycles. The van der Waals surface area contributed by atoms with E-state index in [4.69, 9.17) is 0 Å². The number of carbonyl (C=O) groups excluding carboxylic acids is 1. The quantitative estimate of drug-likeness (QED) is 0.669. The molecule has 3 aromatic carbocycles. The molecule has 2 aliphatic rings. The fourth-order valence-electron chi connectivity index (χ4n) is 3.91. The minimum absolute atomic E-state index is 0.115. The fraction of sp³-hybridized carbons (Fsp3) is 0.0455. The van der Waals surface area contributed by atoms with Crippen LogP contribution in [0.25, 0.3) is 5.70 Å². The summed E-state index contributed by atoms with van der Waals surface area (Å²) in [6.07, 6.45) is 0. The van der Waals surface area contributed by atoms with Gasteiger partial charge in [-0.15, -0.1) is 0 Å². The van der Waals surface area contributed by atoms with Crippen LogP contribution >= 0.6 is 0 Å². The topological polar surface area (TPSA) is 63.2 Å². The molecular formula is C22H14FNO3S. The van der Waals surface area contributed by atoms with E-state index in [1.54, 1.807) is 36.4 Å². The zero-order chi connectivity index (χ0) is 19.5. The number of sulfone groups is 1. The van der Waals surface area contributed by atoms with Gasteiger partial charge in [0.05, 0.1) is 16.3 Å². The highest BCUT2D eigenvalue weighted by molar-refractivity contribution is 7.92. The van der Waals surface area contributed by atoms with Gasteiger partial charge in [0.25, 0.3) is 0 Å². The van der Waals surface area contributed by atoms with Crippen LogP contribution < -0.4 is 5.32 Å². The van der Waals surface area contributed by atoms with E-state index in [1.165, 1.54) is 30.3 Å². The first-order valence-electron chi connectivity index (χ1n) is 8.72. The Morgan fingerprint density at radius 1 is 0.821 bits per heavy atom. The number of rotatable bonds is 1. The molecule has 0 aromatic heterocycles. The van der Waals surface area contributed by atoms with Crippen LogP contribution in [0.5, 0.6) is 0 Å². The first-order chi connectivity index (χ1) is 13.5. The smallest absolute Gasteiger partial charge is 0.193 e. The first kappa shape index (κ1) is 16.9. The third-order valence-electron chi connectivity index (χ3n) is 5.15. The van der Waals surface area contributed by atoms with Crippen LogP contribution in [0.1, 0.15) is 26.7 Å². The summed E-state index contributed by atoms with van der Waals surface area (Å²) < 4.78 is 40.7. The number of fused-ring (bicyclic) bond motifs is 3. The summed E-state index contributed by atoms with van der Waals surface area (Å²) in [6.45, 7) is 0. The lowest BCUT2D eigenvalue weighted by Gasteiger charge is -2.18. The molecule has 3 aromatic rings. The van der Waals surface area contributed by atoms with Crippen molar-refractivity contribution in [1.82, 2.24) is 0 Å². The van der Waals surface area contributed by atoms with Crippen LogP contribution in [0.15, 0.2) is 83.3 Å². The summed E-state index contributed by atoms with van der Waals surface area (Å²) in [4.78, 5) is 13.4. The first-order valence-corrected chi connectivity index (χ1v) is 10.3. The van der Waals surface area contributed by atoms with Gasteiger partial charge in [0.1, 0.15) is 11.1 Å². The van der Waals surface area contributed by atoms with Gasteiger partial charge in [-0.3, -0.25) is 4.79 Å². The van der Waals surface area contributed by atoms with Gasteiger partial charge < -0.3 is 5.32 Å². The predicted octanol–water partition coefficient (Wildman–Crippen LogP) is 4.37. The minimum Gasteiger partial charge on any atom is -0.354 e. The Kier molecular flexibility index (Phi) is 3.54. The molecule has 1 N–H and O–H groups in total. The SMILES string of the molecule is O=C1C2=C(Nc3ccccc3S(=O)(=O)C2c2ccc(F)cc2)c2ccccc21. The van der Waals surface area contributed by atoms with Gasteiger partial charge in [0.2, 0.25) is 0 Å². The summed E-state index contributed by atoms with van der Waals surface area (Å²) in [5, 5.41) is 1.96. The van der Waals surface area contributed by atoms with Crippen molar-refractivity contribution in [2.75, 3.05) is 5.32 Å². The molecule has 1 aliphatic heterocycles. The van der Waals surface area contributed by atoms with Crippen molar-refractivity contribution in [2.45, 2.75) is 10.1 Å². The van der Waals surface area contributed by atoms with Crippen LogP contribution in [0.2, 0.25) is 0 Å². The van der Waals surface area contributed by atoms with E-state index in [0.29, 0.717) is 28.1 Å². The number of nitrogens with one attached hydrogen (secondary N) is 1. The van der Waals surface area contributed by atoms with Crippen LogP contribution in [-0.4, -0.2) is 14.2 Å². The molecule has 0 fully saturated rings. The van der Waals surface area contributed by atoms with Gasteiger partial charge in [0.15, 0.2) is 15.6 Å². The van der Waals surface area contributed by atoms with E-state index in [9.17, 15) is 17.6 Å². The van der Waals surface area contributed by atoms with Crippen LogP contribution in [0, 0.1) is 5.82 Å². The largest absolute Gasteiger partial charge is 0.354 e. The third kappa shape index (κ3) is 2.28. The average Bonchev–Trinajstić information content (AvgIpc) is 2.90. The number of ketones is 1. The predicted molar refractivity (Wildman–Crippen MR) is 104 cm³/mol. The molecule has 0 saturated heterocycles. The van der Waals surface area contributed by atoms with Crippen molar-refractivity contribution in [3.8, 4) is 0 Å². The second kappa shape index (κ2) is 5.87. The maximum atomic E-state index is 13.6. The van der Waals surface area contributed by atoms with E-state index in [2.05, 4.69) is 5.32 Å². The number of hydrogen-bond acceptors (Lipinski definition) is 4. The molecular weight excluding hydrogens is 377 g/mol. The molecule has 138 valence electrons. The van der Waals surface area contributed by atoms with Crippen molar-refractivity contribution >= 4 is 27.0 Å². The Bertz CT molecular complexity index is 1280. The summed E-state index contributed by atoms with van der Waals surface area (Å²) in [6, 6.07) is 18.9. The van der Waals surface area contributed by atoms with Gasteiger partial charge in [-0.25, -0.2) is 12.8 Å². The molecule has 1 heterocycles. The van der Waals surface area contributed by atoms with E-state index in [0.717, 1.165) is 0 Å². The summed E-state index contributed by atoms with van der Waals surface area (Å²) in [5.41, 5.74) is 2.56. The molecule has 28 heavy (non-hydrogen) atoms. The number of anilines is 1. The van der Waals surface area contributed by atoms with Crippen molar-refractivity contribution < 1.29 is 17.6 Å². The maximum absolute atomic E-state index is 13.6. The van der Waals surface area contributed by atoms with Gasteiger partial charge in [-0.05, 0) is 29.8 Å². The number of hydrogen-bond donors (Lipinski definition) is 1. The molecule has 0 saturated carbocycles. The lowest BCUT2D eigenvalue weighted by Crippen LogP contribution is -2.19. The second-order valence-corrected chi connectivity index (χ2v) is 8.76. The van der Waals surface area contributed by atoms with Gasteiger partial charge in [-0.1, -0.05) is 48.5 Å². The molecule has 0 bridgehead atoms. The van der Waals surface area contributed by atoms with E-state index < -0.39 is 20.9 Å². The van der Waals surface area contributed by atoms with E-state index in [1.807, 2.05) is 6.07 Å². The van der Waals surface area contributed by atoms with Crippen LogP contribution in [-0.2, 0) is 9.84 Å². The minimum atomic E-state index is -3.95. The van der Waals surface area contributed by atoms with Crippen LogP contribution in [0.4, 0.5) is 10.1 Å².